The number of urea groups is 1. The third-order valence-electron chi connectivity index (χ3n) is 5.56. The number of hydrazone groups is 1. The number of ether oxygens (including phenoxy) is 3. The number of likely N-dealkylation sites (N-methyl/N-ethyl adjacent to an activating group) is 1. The molecule has 0 spiro atoms. The fourth-order valence-corrected chi connectivity index (χ4v) is 3.63. The molecule has 39 heavy (non-hydrogen) atoms. The molecule has 0 unspecified atom stereocenters. The highest BCUT2D eigenvalue weighted by Gasteiger charge is 2.14. The molecule has 2 N–H and O–H groups in total. The van der Waals surface area contributed by atoms with Gasteiger partial charge in [-0.15, -0.1) is 10.2 Å². The summed E-state index contributed by atoms with van der Waals surface area (Å²) < 4.78 is 33.0. The Hall–Kier alpha value is -5.04. The van der Waals surface area contributed by atoms with Gasteiger partial charge < -0.3 is 29.0 Å². The Bertz CT molecular complexity index is 1510. The molecule has 5 rings (SSSR count). The van der Waals surface area contributed by atoms with Gasteiger partial charge in [-0.05, 0) is 56.1 Å². The molecule has 2 aromatic heterocycles. The Labute approximate surface area is 223 Å². The molecule has 200 valence electrons. The van der Waals surface area contributed by atoms with Crippen molar-refractivity contribution in [3.05, 3.63) is 72.4 Å². The van der Waals surface area contributed by atoms with Crippen molar-refractivity contribution in [3.63, 3.8) is 0 Å². The van der Waals surface area contributed by atoms with Crippen LogP contribution in [0.2, 0.25) is 0 Å². The minimum absolute atomic E-state index is 0.0204. The Morgan fingerprint density at radius 3 is 2.90 bits per heavy atom. The molecule has 3 heterocycles. The topological polar surface area (TPSA) is 128 Å². The number of halogens is 1. The maximum absolute atomic E-state index is 14.8. The summed E-state index contributed by atoms with van der Waals surface area (Å²) in [5, 5.41) is 14.5. The molecule has 1 aliphatic heterocycles. The van der Waals surface area contributed by atoms with Crippen molar-refractivity contribution in [3.8, 4) is 34.5 Å². The number of nitrogens with zero attached hydrogens (tertiary/aromatic N) is 6. The van der Waals surface area contributed by atoms with Crippen molar-refractivity contribution in [2.75, 3.05) is 32.7 Å². The van der Waals surface area contributed by atoms with Crippen molar-refractivity contribution < 1.29 is 23.4 Å². The number of hydrogen-bond donors (Lipinski definition) is 2. The SMILES string of the molecule is CN(C)CCn1cnnc1-c1cc(Oc2ccc(NC(=O)N/N=C/c3ccc4c(c3)OCO4)cc2F)ccn1. The van der Waals surface area contributed by atoms with Crippen LogP contribution in [-0.2, 0) is 6.54 Å². The minimum atomic E-state index is -0.663. The van der Waals surface area contributed by atoms with E-state index in [0.717, 1.165) is 12.6 Å². The number of fused-ring (bicyclic) bond motifs is 1. The van der Waals surface area contributed by atoms with Crippen LogP contribution in [0.4, 0.5) is 14.9 Å². The molecule has 0 radical (unpaired) electrons. The summed E-state index contributed by atoms with van der Waals surface area (Å²) >= 11 is 0. The molecule has 12 nitrogen and oxygen atoms in total. The number of carbonyl (C=O) groups is 1. The summed E-state index contributed by atoms with van der Waals surface area (Å²) in [5.74, 6) is 1.52. The highest BCUT2D eigenvalue weighted by molar-refractivity contribution is 5.90. The third-order valence-corrected chi connectivity index (χ3v) is 5.56. The van der Waals surface area contributed by atoms with E-state index in [1.165, 1.54) is 18.3 Å². The summed E-state index contributed by atoms with van der Waals surface area (Å²) in [6.07, 6.45) is 4.64. The van der Waals surface area contributed by atoms with Gasteiger partial charge in [-0.1, -0.05) is 0 Å². The third kappa shape index (κ3) is 6.45. The fourth-order valence-electron chi connectivity index (χ4n) is 3.63. The lowest BCUT2D eigenvalue weighted by Crippen LogP contribution is -2.24. The zero-order valence-corrected chi connectivity index (χ0v) is 21.2. The van der Waals surface area contributed by atoms with E-state index in [2.05, 4.69) is 35.9 Å². The first kappa shape index (κ1) is 25.6. The molecule has 13 heteroatoms. The summed E-state index contributed by atoms with van der Waals surface area (Å²) in [6.45, 7) is 1.65. The monoisotopic (exact) mass is 532 g/mol. The molecule has 2 aromatic carbocycles. The maximum Gasteiger partial charge on any atom is 0.339 e. The zero-order chi connectivity index (χ0) is 27.2. The molecule has 2 amide bonds. The van der Waals surface area contributed by atoms with Crippen molar-refractivity contribution in [1.29, 1.82) is 0 Å². The number of hydrogen-bond acceptors (Lipinski definition) is 9. The van der Waals surface area contributed by atoms with Gasteiger partial charge in [0.15, 0.2) is 28.9 Å². The predicted octanol–water partition coefficient (Wildman–Crippen LogP) is 3.72. The Morgan fingerprint density at radius 2 is 2.05 bits per heavy atom. The maximum atomic E-state index is 14.8. The van der Waals surface area contributed by atoms with Crippen LogP contribution in [0.5, 0.6) is 23.0 Å². The smallest absolute Gasteiger partial charge is 0.339 e. The van der Waals surface area contributed by atoms with Crippen LogP contribution in [0.1, 0.15) is 5.56 Å². The molecule has 0 saturated heterocycles. The number of nitrogens with one attached hydrogen (secondary N) is 2. The lowest BCUT2D eigenvalue weighted by atomic mass is 10.2. The second-order valence-electron chi connectivity index (χ2n) is 8.71. The number of aromatic nitrogens is 4. The fraction of sp³-hybridized carbons (Fsp3) is 0.192. The van der Waals surface area contributed by atoms with Gasteiger partial charge in [0.2, 0.25) is 6.79 Å². The van der Waals surface area contributed by atoms with E-state index in [9.17, 15) is 9.18 Å². The Balaban J connectivity index is 1.19. The summed E-state index contributed by atoms with van der Waals surface area (Å²) in [6, 6.07) is 12.0. The summed E-state index contributed by atoms with van der Waals surface area (Å²) in [5.41, 5.74) is 3.80. The van der Waals surface area contributed by atoms with Crippen LogP contribution < -0.4 is 25.0 Å². The average Bonchev–Trinajstić information content (AvgIpc) is 3.58. The summed E-state index contributed by atoms with van der Waals surface area (Å²) in [7, 11) is 3.96. The number of anilines is 1. The standard InChI is InChI=1S/C26H25FN8O4/c1-34(2)9-10-35-15-30-32-25(35)21-13-19(7-8-28-21)39-22-6-4-18(12-20(22)27)31-26(36)33-29-14-17-3-5-23-24(11-17)38-16-37-23/h3-8,11-15H,9-10,16H2,1-2H3,(H2,31,33,36)/b29-14+. The second-order valence-corrected chi connectivity index (χ2v) is 8.71. The van der Waals surface area contributed by atoms with Gasteiger partial charge >= 0.3 is 6.03 Å². The molecule has 0 fully saturated rings. The number of pyridine rings is 1. The molecular weight excluding hydrogens is 507 g/mol. The van der Waals surface area contributed by atoms with Gasteiger partial charge in [-0.25, -0.2) is 14.6 Å². The molecular formula is C26H25FN8O4. The molecule has 0 aliphatic carbocycles. The van der Waals surface area contributed by atoms with E-state index in [1.54, 1.807) is 42.9 Å². The molecule has 1 aliphatic rings. The quantitative estimate of drug-likeness (QED) is 0.247. The van der Waals surface area contributed by atoms with Crippen LogP contribution in [0.3, 0.4) is 0 Å². The zero-order valence-electron chi connectivity index (χ0n) is 21.2. The molecule has 0 saturated carbocycles. The van der Waals surface area contributed by atoms with Crippen LogP contribution in [0.25, 0.3) is 11.5 Å². The van der Waals surface area contributed by atoms with E-state index < -0.39 is 11.8 Å². The first-order valence-corrected chi connectivity index (χ1v) is 11.9. The van der Waals surface area contributed by atoms with Crippen LogP contribution in [0.15, 0.2) is 66.2 Å². The normalized spacial score (nSPS) is 12.2. The van der Waals surface area contributed by atoms with Crippen molar-refractivity contribution >= 4 is 17.9 Å². The van der Waals surface area contributed by atoms with E-state index in [1.807, 2.05) is 18.7 Å². The minimum Gasteiger partial charge on any atom is -0.454 e. The van der Waals surface area contributed by atoms with E-state index in [0.29, 0.717) is 40.9 Å². The summed E-state index contributed by atoms with van der Waals surface area (Å²) in [4.78, 5) is 18.6. The lowest BCUT2D eigenvalue weighted by molar-refractivity contribution is 0.174. The molecule has 0 atom stereocenters. The van der Waals surface area contributed by atoms with Crippen LogP contribution in [-0.4, -0.2) is 64.3 Å². The second kappa shape index (κ2) is 11.6. The van der Waals surface area contributed by atoms with Gasteiger partial charge in [-0.3, -0.25) is 4.98 Å². The van der Waals surface area contributed by atoms with Crippen molar-refractivity contribution in [2.24, 2.45) is 5.10 Å². The largest absolute Gasteiger partial charge is 0.454 e. The first-order valence-electron chi connectivity index (χ1n) is 11.9. The number of rotatable bonds is 9. The predicted molar refractivity (Wildman–Crippen MR) is 141 cm³/mol. The van der Waals surface area contributed by atoms with Gasteiger partial charge in [-0.2, -0.15) is 5.10 Å². The van der Waals surface area contributed by atoms with Crippen LogP contribution >= 0.6 is 0 Å². The Kier molecular flexibility index (Phi) is 7.59. The highest BCUT2D eigenvalue weighted by atomic mass is 19.1. The van der Waals surface area contributed by atoms with Crippen molar-refractivity contribution in [2.45, 2.75) is 6.54 Å². The number of amides is 2. The van der Waals surface area contributed by atoms with E-state index >= 15 is 0 Å². The van der Waals surface area contributed by atoms with E-state index in [4.69, 9.17) is 14.2 Å². The number of benzene rings is 2. The van der Waals surface area contributed by atoms with Crippen molar-refractivity contribution in [1.82, 2.24) is 30.1 Å². The van der Waals surface area contributed by atoms with Gasteiger partial charge in [0.1, 0.15) is 17.8 Å². The van der Waals surface area contributed by atoms with Gasteiger partial charge in [0.25, 0.3) is 0 Å². The highest BCUT2D eigenvalue weighted by Crippen LogP contribution is 2.32. The average molecular weight is 533 g/mol. The van der Waals surface area contributed by atoms with Gasteiger partial charge in [0, 0.05) is 37.1 Å². The molecule has 0 bridgehead atoms. The lowest BCUT2D eigenvalue weighted by Gasteiger charge is -2.12. The van der Waals surface area contributed by atoms with Crippen LogP contribution in [0, 0.1) is 5.82 Å². The first-order chi connectivity index (χ1) is 18.9. The number of carbonyl (C=O) groups excluding carboxylic acids is 1. The van der Waals surface area contributed by atoms with Gasteiger partial charge in [0.05, 0.1) is 6.21 Å². The molecule has 4 aromatic rings. The van der Waals surface area contributed by atoms with E-state index in [-0.39, 0.29) is 18.2 Å². The Morgan fingerprint density at radius 1 is 1.18 bits per heavy atom.